The van der Waals surface area contributed by atoms with Gasteiger partial charge < -0.3 is 9.64 Å². The molecule has 0 fully saturated rings. The number of ether oxygens (including phenoxy) is 1. The summed E-state index contributed by atoms with van der Waals surface area (Å²) >= 11 is 5.10. The molecule has 0 aliphatic carbocycles. The third kappa shape index (κ3) is 9.00. The number of hydrogen-bond donors (Lipinski definition) is 0. The molecule has 0 aliphatic heterocycles. The quantitative estimate of drug-likeness (QED) is 0.270. The van der Waals surface area contributed by atoms with Gasteiger partial charge in [-0.1, -0.05) is 38.1 Å². The fourth-order valence-corrected chi connectivity index (χ4v) is 6.20. The number of carbonyl (C=O) groups excluding carboxylic acids is 2. The van der Waals surface area contributed by atoms with Crippen molar-refractivity contribution >= 4 is 58.9 Å². The number of esters is 1. The Morgan fingerprint density at radius 3 is 2.50 bits per heavy atom. The van der Waals surface area contributed by atoms with Crippen LogP contribution in [0.15, 0.2) is 29.6 Å². The summed E-state index contributed by atoms with van der Waals surface area (Å²) in [5.74, 6) is 1.74. The number of rotatable bonds is 12. The molecule has 5 nitrogen and oxygen atoms in total. The van der Waals surface area contributed by atoms with Crippen LogP contribution in [0, 0.1) is 0 Å². The van der Waals surface area contributed by atoms with E-state index in [0.29, 0.717) is 24.5 Å². The van der Waals surface area contributed by atoms with Crippen molar-refractivity contribution in [2.75, 3.05) is 32.7 Å². The Balaban J connectivity index is 2.09. The van der Waals surface area contributed by atoms with E-state index in [1.54, 1.807) is 53.9 Å². The van der Waals surface area contributed by atoms with Crippen molar-refractivity contribution in [2.24, 2.45) is 0 Å². The van der Waals surface area contributed by atoms with E-state index >= 15 is 0 Å². The van der Waals surface area contributed by atoms with Crippen LogP contribution in [-0.4, -0.2) is 54.5 Å². The molecule has 1 amide bonds. The van der Waals surface area contributed by atoms with E-state index in [2.05, 4.69) is 60.6 Å². The standard InChI is InChI=1S/C24H32N2O3S3/c1-17(2)20-16-32-21(25-20)10-9-18-7-6-8-19(15-18)24(31-14-12-23(28)29-5)30-13-11-22(27)26(3)4/h6-10,15-17,24H,11-14H2,1-5H3. The summed E-state index contributed by atoms with van der Waals surface area (Å²) in [5.41, 5.74) is 3.40. The lowest BCUT2D eigenvalue weighted by molar-refractivity contribution is -0.140. The lowest BCUT2D eigenvalue weighted by Crippen LogP contribution is -2.21. The van der Waals surface area contributed by atoms with Crippen LogP contribution in [0.2, 0.25) is 0 Å². The normalized spacial score (nSPS) is 12.3. The number of thioether (sulfide) groups is 2. The van der Waals surface area contributed by atoms with Gasteiger partial charge in [0.2, 0.25) is 5.91 Å². The number of benzene rings is 1. The van der Waals surface area contributed by atoms with E-state index in [1.165, 1.54) is 12.7 Å². The summed E-state index contributed by atoms with van der Waals surface area (Å²) in [7, 11) is 4.96. The third-order valence-corrected chi connectivity index (χ3v) is 8.29. The van der Waals surface area contributed by atoms with Crippen molar-refractivity contribution in [3.8, 4) is 0 Å². The van der Waals surface area contributed by atoms with Crippen molar-refractivity contribution in [1.29, 1.82) is 0 Å². The van der Waals surface area contributed by atoms with Gasteiger partial charge >= 0.3 is 5.97 Å². The zero-order valence-corrected chi connectivity index (χ0v) is 21.8. The highest BCUT2D eigenvalue weighted by Crippen LogP contribution is 2.40. The predicted octanol–water partition coefficient (Wildman–Crippen LogP) is 5.94. The number of amides is 1. The topological polar surface area (TPSA) is 59.5 Å². The maximum atomic E-state index is 12.0. The highest BCUT2D eigenvalue weighted by atomic mass is 32.2. The molecular weight excluding hydrogens is 460 g/mol. The van der Waals surface area contributed by atoms with Crippen LogP contribution in [0.4, 0.5) is 0 Å². The van der Waals surface area contributed by atoms with Gasteiger partial charge in [-0.2, -0.15) is 0 Å². The summed E-state index contributed by atoms with van der Waals surface area (Å²) in [6, 6.07) is 8.40. The van der Waals surface area contributed by atoms with E-state index in [9.17, 15) is 9.59 Å². The van der Waals surface area contributed by atoms with Gasteiger partial charge in [0.05, 0.1) is 23.8 Å². The van der Waals surface area contributed by atoms with E-state index in [0.717, 1.165) is 22.0 Å². The molecule has 0 saturated carbocycles. The van der Waals surface area contributed by atoms with Gasteiger partial charge in [-0.3, -0.25) is 9.59 Å². The lowest BCUT2D eigenvalue weighted by atomic mass is 10.1. The molecular formula is C24H32N2O3S3. The molecule has 0 radical (unpaired) electrons. The molecule has 1 heterocycles. The number of hydrogen-bond acceptors (Lipinski definition) is 7. The first-order valence-electron chi connectivity index (χ1n) is 10.5. The minimum Gasteiger partial charge on any atom is -0.469 e. The van der Waals surface area contributed by atoms with Crippen LogP contribution >= 0.6 is 34.9 Å². The molecule has 0 N–H and O–H groups in total. The van der Waals surface area contributed by atoms with Crippen molar-refractivity contribution < 1.29 is 14.3 Å². The van der Waals surface area contributed by atoms with Crippen LogP contribution < -0.4 is 0 Å². The summed E-state index contributed by atoms with van der Waals surface area (Å²) < 4.78 is 4.90. The van der Waals surface area contributed by atoms with Crippen LogP contribution in [0.3, 0.4) is 0 Å². The first-order chi connectivity index (χ1) is 15.3. The monoisotopic (exact) mass is 492 g/mol. The van der Waals surface area contributed by atoms with E-state index < -0.39 is 0 Å². The van der Waals surface area contributed by atoms with Crippen molar-refractivity contribution in [3.63, 3.8) is 0 Å². The smallest absolute Gasteiger partial charge is 0.306 e. The molecule has 2 rings (SSSR count). The predicted molar refractivity (Wildman–Crippen MR) is 139 cm³/mol. The Morgan fingerprint density at radius 2 is 1.88 bits per heavy atom. The SMILES string of the molecule is COC(=O)CCSC(SCCC(=O)N(C)C)c1cccc(C=Cc2nc(C(C)C)cs2)c1. The van der Waals surface area contributed by atoms with Gasteiger partial charge in [-0.05, 0) is 29.2 Å². The molecule has 1 atom stereocenters. The van der Waals surface area contributed by atoms with Gasteiger partial charge in [0.1, 0.15) is 5.01 Å². The van der Waals surface area contributed by atoms with Crippen LogP contribution in [0.1, 0.15) is 59.0 Å². The van der Waals surface area contributed by atoms with Crippen LogP contribution in [0.5, 0.6) is 0 Å². The molecule has 1 aromatic carbocycles. The van der Waals surface area contributed by atoms with Gasteiger partial charge in [0.15, 0.2) is 0 Å². The van der Waals surface area contributed by atoms with Gasteiger partial charge in [0, 0.05) is 37.4 Å². The van der Waals surface area contributed by atoms with Crippen molar-refractivity contribution in [1.82, 2.24) is 9.88 Å². The summed E-state index contributed by atoms with van der Waals surface area (Å²) in [6.07, 6.45) is 5.01. The Labute approximate surface area is 204 Å². The summed E-state index contributed by atoms with van der Waals surface area (Å²) in [5, 5.41) is 3.11. The van der Waals surface area contributed by atoms with Crippen molar-refractivity contribution in [2.45, 2.75) is 37.2 Å². The molecule has 174 valence electrons. The zero-order valence-electron chi connectivity index (χ0n) is 19.4. The van der Waals surface area contributed by atoms with Crippen LogP contribution in [-0.2, 0) is 14.3 Å². The number of thiazole rings is 1. The molecule has 0 aliphatic rings. The molecule has 32 heavy (non-hydrogen) atoms. The summed E-state index contributed by atoms with van der Waals surface area (Å²) in [4.78, 5) is 29.8. The Hall–Kier alpha value is -1.77. The van der Waals surface area contributed by atoms with Crippen molar-refractivity contribution in [3.05, 3.63) is 51.5 Å². The lowest BCUT2D eigenvalue weighted by Gasteiger charge is -2.18. The Kier molecular flexibility index (Phi) is 11.3. The minimum atomic E-state index is -0.204. The Morgan fingerprint density at radius 1 is 1.16 bits per heavy atom. The summed E-state index contributed by atoms with van der Waals surface area (Å²) in [6.45, 7) is 4.29. The molecule has 2 aromatic rings. The molecule has 0 saturated heterocycles. The molecule has 1 unspecified atom stereocenters. The van der Waals surface area contributed by atoms with Gasteiger partial charge in [0.25, 0.3) is 0 Å². The van der Waals surface area contributed by atoms with E-state index in [-0.39, 0.29) is 16.5 Å². The second-order valence-electron chi connectivity index (χ2n) is 7.71. The highest BCUT2D eigenvalue weighted by molar-refractivity contribution is 8.16. The van der Waals surface area contributed by atoms with Crippen LogP contribution in [0.25, 0.3) is 12.2 Å². The maximum Gasteiger partial charge on any atom is 0.306 e. The Bertz CT molecular complexity index is 909. The van der Waals surface area contributed by atoms with Gasteiger partial charge in [-0.25, -0.2) is 4.98 Å². The minimum absolute atomic E-state index is 0.122. The highest BCUT2D eigenvalue weighted by Gasteiger charge is 2.15. The molecule has 0 bridgehead atoms. The van der Waals surface area contributed by atoms with E-state index in [4.69, 9.17) is 4.74 Å². The number of carbonyl (C=O) groups is 2. The first kappa shape index (κ1) is 26.5. The number of methoxy groups -OCH3 is 1. The average Bonchev–Trinajstić information content (AvgIpc) is 3.26. The number of nitrogens with zero attached hydrogens (tertiary/aromatic N) is 2. The van der Waals surface area contributed by atoms with Gasteiger partial charge in [-0.15, -0.1) is 34.9 Å². The average molecular weight is 493 g/mol. The van der Waals surface area contributed by atoms with E-state index in [1.807, 2.05) is 0 Å². The fourth-order valence-electron chi connectivity index (χ4n) is 2.69. The first-order valence-corrected chi connectivity index (χ1v) is 13.5. The molecule has 0 spiro atoms. The molecule has 8 heteroatoms. The molecule has 1 aromatic heterocycles. The second kappa shape index (κ2) is 13.7. The zero-order chi connectivity index (χ0) is 23.5. The number of aromatic nitrogens is 1. The largest absolute Gasteiger partial charge is 0.469 e. The second-order valence-corrected chi connectivity index (χ2v) is 11.3. The third-order valence-electron chi connectivity index (χ3n) is 4.62. The fraction of sp³-hybridized carbons (Fsp3) is 0.458. The maximum absolute atomic E-state index is 12.0.